The monoisotopic (exact) mass is 1210 g/mol. The van der Waals surface area contributed by atoms with Gasteiger partial charge in [-0.15, -0.1) is 0 Å². The zero-order valence-electron chi connectivity index (χ0n) is 52.4. The Balaban J connectivity index is 1.20. The van der Waals surface area contributed by atoms with Gasteiger partial charge in [0.25, 0.3) is 0 Å². The first-order valence-electron chi connectivity index (χ1n) is 30.2. The lowest BCUT2D eigenvalue weighted by molar-refractivity contribution is 0.568. The van der Waals surface area contributed by atoms with E-state index in [0.717, 1.165) is 103 Å². The van der Waals surface area contributed by atoms with Crippen LogP contribution in [0.2, 0.25) is 0 Å². The van der Waals surface area contributed by atoms with Crippen LogP contribution in [0.5, 0.6) is 0 Å². The smallest absolute Gasteiger partial charge is 0.133 e. The third-order valence-corrected chi connectivity index (χ3v) is 17.3. The summed E-state index contributed by atoms with van der Waals surface area (Å²) >= 11 is 0. The number of halogens is 8. The molecule has 0 N–H and O–H groups in total. The van der Waals surface area contributed by atoms with Crippen molar-refractivity contribution < 1.29 is 35.1 Å². The van der Waals surface area contributed by atoms with E-state index >= 15 is 35.1 Å². The molecule has 0 bridgehead atoms. The van der Waals surface area contributed by atoms with Crippen LogP contribution in [0.3, 0.4) is 0 Å². The fourth-order valence-corrected chi connectivity index (χ4v) is 12.4. The van der Waals surface area contributed by atoms with Gasteiger partial charge >= 0.3 is 0 Å². The van der Waals surface area contributed by atoms with Crippen LogP contribution in [0.25, 0.3) is 76.8 Å². The van der Waals surface area contributed by atoms with E-state index in [9.17, 15) is 0 Å². The minimum Gasteiger partial charge on any atom is -0.310 e. The van der Waals surface area contributed by atoms with Crippen molar-refractivity contribution in [3.63, 3.8) is 0 Å². The molecule has 0 saturated carbocycles. The molecule has 90 heavy (non-hydrogen) atoms. The van der Waals surface area contributed by atoms with Crippen LogP contribution < -0.4 is 9.80 Å². The Hall–Kier alpha value is -9.28. The molecule has 0 aliphatic heterocycles. The topological polar surface area (TPSA) is 6.48 Å². The number of hydrogen-bond donors (Lipinski definition) is 0. The molecule has 0 aromatic heterocycles. The standard InChI is InChI=1S/C80H68F8N2/c1-77(2,3)51-39-52(78(4,5)6)42-57(41-51)89(55-35-47(73-61(81)17-13-18-62(73)82)33-48(36-55)74-63(83)19-14-20-64(74)84)69-31-27-45-26-30-60-70(32-28-46-25-29-59(69)71(45)72(46)60)90(58-43-53(79(7,8)9)40-54(44-58)80(10,11)12)56-37-49(75-65(85)21-15-22-66(75)86)34-50(38-56)76-67(87)23-16-24-68(76)88/h13-44H,1-12H3. The summed E-state index contributed by atoms with van der Waals surface area (Å²) in [7, 11) is 0. The van der Waals surface area contributed by atoms with Crippen LogP contribution >= 0.6 is 0 Å². The highest BCUT2D eigenvalue weighted by Crippen LogP contribution is 2.52. The van der Waals surface area contributed by atoms with Crippen LogP contribution in [0.1, 0.15) is 105 Å². The van der Waals surface area contributed by atoms with Crippen molar-refractivity contribution in [2.24, 2.45) is 0 Å². The van der Waals surface area contributed by atoms with Crippen LogP contribution in [-0.2, 0) is 21.7 Å². The second-order valence-electron chi connectivity index (χ2n) is 27.7. The van der Waals surface area contributed by atoms with Crippen molar-refractivity contribution in [1.29, 1.82) is 0 Å². The normalized spacial score (nSPS) is 12.4. The summed E-state index contributed by atoms with van der Waals surface area (Å²) in [5, 5.41) is 4.84. The third kappa shape index (κ3) is 11.1. The summed E-state index contributed by atoms with van der Waals surface area (Å²) in [5.74, 6) is -6.91. The quantitative estimate of drug-likeness (QED) is 0.0995. The van der Waals surface area contributed by atoms with E-state index in [1.165, 1.54) is 36.4 Å². The second kappa shape index (κ2) is 22.3. The Bertz CT molecular complexity index is 4230. The van der Waals surface area contributed by atoms with Crippen LogP contribution in [-0.4, -0.2) is 0 Å². The fourth-order valence-electron chi connectivity index (χ4n) is 12.4. The van der Waals surface area contributed by atoms with Gasteiger partial charge in [-0.05, 0) is 209 Å². The van der Waals surface area contributed by atoms with Crippen molar-refractivity contribution in [1.82, 2.24) is 0 Å². The van der Waals surface area contributed by atoms with E-state index in [4.69, 9.17) is 0 Å². The van der Waals surface area contributed by atoms with E-state index in [1.54, 1.807) is 24.3 Å². The Morgan fingerprint density at radius 1 is 0.244 bits per heavy atom. The molecule has 454 valence electrons. The first kappa shape index (κ1) is 61.0. The molecule has 0 fully saturated rings. The number of rotatable bonds is 10. The number of benzene rings is 12. The van der Waals surface area contributed by atoms with Crippen molar-refractivity contribution in [2.45, 2.75) is 105 Å². The highest BCUT2D eigenvalue weighted by atomic mass is 19.2. The Morgan fingerprint density at radius 2 is 0.467 bits per heavy atom. The van der Waals surface area contributed by atoms with E-state index in [1.807, 2.05) is 58.3 Å². The SMILES string of the molecule is CC(C)(C)c1cc(N(c2cc(-c3c(F)cccc3F)cc(-c3c(F)cccc3F)c2)c2ccc3ccc4c(N(c5cc(-c6c(F)cccc6F)cc(-c6c(F)cccc6F)c5)c5cc(C(C)(C)C)cc(C(C)(C)C)c5)ccc5ccc2c3c54)cc(C(C)(C)C)c1. The molecular formula is C80H68F8N2. The Labute approximate surface area is 521 Å². The van der Waals surface area contributed by atoms with Crippen molar-refractivity contribution in [3.8, 4) is 44.5 Å². The maximum atomic E-state index is 16.3. The van der Waals surface area contributed by atoms with E-state index in [-0.39, 0.29) is 66.2 Å². The first-order valence-corrected chi connectivity index (χ1v) is 30.2. The summed E-state index contributed by atoms with van der Waals surface area (Å²) in [6.07, 6.45) is 0. The molecule has 10 heteroatoms. The van der Waals surface area contributed by atoms with Gasteiger partial charge in [-0.2, -0.15) is 0 Å². The van der Waals surface area contributed by atoms with Gasteiger partial charge in [-0.25, -0.2) is 35.1 Å². The maximum absolute atomic E-state index is 16.3. The molecule has 0 spiro atoms. The fraction of sp³-hybridized carbons (Fsp3) is 0.200. The molecule has 0 saturated heterocycles. The minimum absolute atomic E-state index is 0.0454. The summed E-state index contributed by atoms with van der Waals surface area (Å²) < 4.78 is 130. The summed E-state index contributed by atoms with van der Waals surface area (Å²) in [4.78, 5) is 3.99. The molecule has 0 heterocycles. The molecule has 12 aromatic carbocycles. The molecule has 0 aliphatic carbocycles. The lowest BCUT2D eigenvalue weighted by Gasteiger charge is -2.33. The molecule has 0 aliphatic rings. The Morgan fingerprint density at radius 3 is 0.700 bits per heavy atom. The summed E-state index contributed by atoms with van der Waals surface area (Å²) in [5.41, 5.74) is 4.37. The number of anilines is 6. The number of nitrogens with zero attached hydrogens (tertiary/aromatic N) is 2. The van der Waals surface area contributed by atoms with Gasteiger partial charge in [0.2, 0.25) is 0 Å². The average molecular weight is 1210 g/mol. The van der Waals surface area contributed by atoms with Crippen LogP contribution in [0, 0.1) is 46.5 Å². The zero-order chi connectivity index (χ0) is 64.3. The molecule has 0 unspecified atom stereocenters. The predicted molar refractivity (Wildman–Crippen MR) is 356 cm³/mol. The second-order valence-corrected chi connectivity index (χ2v) is 27.7. The molecule has 12 rings (SSSR count). The number of hydrogen-bond acceptors (Lipinski definition) is 2. The lowest BCUT2D eigenvalue weighted by atomic mass is 9.80. The molecule has 0 amide bonds. The minimum atomic E-state index is -0.863. The molecule has 0 radical (unpaired) electrons. The average Bonchev–Trinajstić information content (AvgIpc) is 0.729. The van der Waals surface area contributed by atoms with E-state index in [0.29, 0.717) is 34.1 Å². The third-order valence-electron chi connectivity index (χ3n) is 17.3. The van der Waals surface area contributed by atoms with Crippen molar-refractivity contribution in [3.05, 3.63) is 263 Å². The van der Waals surface area contributed by atoms with Gasteiger partial charge in [0.1, 0.15) is 46.5 Å². The van der Waals surface area contributed by atoms with Gasteiger partial charge in [0.05, 0.1) is 33.6 Å². The first-order chi connectivity index (χ1) is 42.4. The maximum Gasteiger partial charge on any atom is 0.133 e. The lowest BCUT2D eigenvalue weighted by Crippen LogP contribution is -2.19. The summed E-state index contributed by atoms with van der Waals surface area (Å²) in [6, 6.07) is 52.5. The highest BCUT2D eigenvalue weighted by Gasteiger charge is 2.31. The summed E-state index contributed by atoms with van der Waals surface area (Å²) in [6.45, 7) is 25.5. The van der Waals surface area contributed by atoms with Crippen molar-refractivity contribution >= 4 is 66.4 Å². The largest absolute Gasteiger partial charge is 0.310 e. The van der Waals surface area contributed by atoms with Gasteiger partial charge in [0.15, 0.2) is 0 Å². The highest BCUT2D eigenvalue weighted by molar-refractivity contribution is 6.28. The zero-order valence-corrected chi connectivity index (χ0v) is 52.4. The Kier molecular flexibility index (Phi) is 15.1. The van der Waals surface area contributed by atoms with E-state index < -0.39 is 46.5 Å². The van der Waals surface area contributed by atoms with Crippen LogP contribution in [0.15, 0.2) is 194 Å². The van der Waals surface area contributed by atoms with Gasteiger partial charge in [-0.3, -0.25) is 0 Å². The molecule has 2 nitrogen and oxygen atoms in total. The van der Waals surface area contributed by atoms with Crippen LogP contribution in [0.4, 0.5) is 69.2 Å². The van der Waals surface area contributed by atoms with Gasteiger partial charge in [0, 0.05) is 33.5 Å². The predicted octanol–water partition coefficient (Wildman–Crippen LogP) is 24.5. The molecular weight excluding hydrogens is 1140 g/mol. The van der Waals surface area contributed by atoms with E-state index in [2.05, 4.69) is 119 Å². The van der Waals surface area contributed by atoms with Crippen molar-refractivity contribution in [2.75, 3.05) is 9.80 Å². The van der Waals surface area contributed by atoms with Gasteiger partial charge in [-0.1, -0.05) is 156 Å². The molecule has 0 atom stereocenters. The molecule has 12 aromatic rings. The van der Waals surface area contributed by atoms with Gasteiger partial charge < -0.3 is 9.80 Å².